The minimum atomic E-state index is 0.502. The molecule has 5 nitrogen and oxygen atoms in total. The first-order chi connectivity index (χ1) is 11.8. The minimum Gasteiger partial charge on any atom is -0.362 e. The van der Waals surface area contributed by atoms with Crippen molar-refractivity contribution in [3.63, 3.8) is 0 Å². The normalized spacial score (nSPS) is 10.9. The molecule has 0 spiro atoms. The first kappa shape index (κ1) is 16.4. The average molecular weight is 355 g/mol. The lowest BCUT2D eigenvalue weighted by Crippen LogP contribution is -2.31. The Bertz CT molecular complexity index is 822. The second kappa shape index (κ2) is 7.85. The molecular formula is C17H17N5S2. The molecule has 0 amide bonds. The zero-order chi connectivity index (χ0) is 16.8. The van der Waals surface area contributed by atoms with Crippen LogP contribution in [0.25, 0.3) is 16.3 Å². The Hall–Kier alpha value is -2.51. The monoisotopic (exact) mass is 355 g/mol. The smallest absolute Gasteiger partial charge is 0.186 e. The molecule has 122 valence electrons. The highest BCUT2D eigenvalue weighted by Crippen LogP contribution is 2.26. The lowest BCUT2D eigenvalue weighted by Gasteiger charge is -2.02. The van der Waals surface area contributed by atoms with Gasteiger partial charge in [-0.1, -0.05) is 24.3 Å². The number of thiocarbonyl (C=S) groups is 1. The van der Waals surface area contributed by atoms with E-state index in [1.807, 2.05) is 59.6 Å². The Morgan fingerprint density at radius 3 is 2.83 bits per heavy atom. The minimum absolute atomic E-state index is 0.502. The summed E-state index contributed by atoms with van der Waals surface area (Å²) in [5.74, 6) is 0. The predicted octanol–water partition coefficient (Wildman–Crippen LogP) is 3.42. The first-order valence-corrected chi connectivity index (χ1v) is 8.82. The highest BCUT2D eigenvalue weighted by molar-refractivity contribution is 7.80. The van der Waals surface area contributed by atoms with Crippen LogP contribution in [0, 0.1) is 0 Å². The van der Waals surface area contributed by atoms with Crippen LogP contribution in [0.5, 0.6) is 0 Å². The lowest BCUT2D eigenvalue weighted by molar-refractivity contribution is 0.885. The van der Waals surface area contributed by atoms with Crippen LogP contribution in [-0.2, 0) is 0 Å². The molecule has 0 saturated heterocycles. The van der Waals surface area contributed by atoms with E-state index in [0.717, 1.165) is 28.4 Å². The second-order valence-corrected chi connectivity index (χ2v) is 6.28. The van der Waals surface area contributed by atoms with Gasteiger partial charge in [0.15, 0.2) is 5.11 Å². The van der Waals surface area contributed by atoms with Crippen LogP contribution < -0.4 is 10.7 Å². The molecule has 1 aromatic carbocycles. The van der Waals surface area contributed by atoms with Crippen molar-refractivity contribution >= 4 is 34.9 Å². The van der Waals surface area contributed by atoms with Crippen LogP contribution in [0.3, 0.4) is 0 Å². The molecular weight excluding hydrogens is 338 g/mol. The van der Waals surface area contributed by atoms with E-state index >= 15 is 0 Å². The van der Waals surface area contributed by atoms with Gasteiger partial charge in [0.1, 0.15) is 5.69 Å². The Labute approximate surface area is 150 Å². The summed E-state index contributed by atoms with van der Waals surface area (Å²) in [6, 6.07) is 14.1. The molecule has 2 heterocycles. The van der Waals surface area contributed by atoms with Crippen molar-refractivity contribution in [3.8, 4) is 16.3 Å². The quantitative estimate of drug-likeness (QED) is 0.418. The summed E-state index contributed by atoms with van der Waals surface area (Å²) in [6.07, 6.45) is 3.71. The number of rotatable bonds is 5. The molecule has 2 N–H and O–H groups in total. The van der Waals surface area contributed by atoms with Gasteiger partial charge in [-0.2, -0.15) is 10.2 Å². The van der Waals surface area contributed by atoms with Gasteiger partial charge in [-0.15, -0.1) is 11.3 Å². The summed E-state index contributed by atoms with van der Waals surface area (Å²) in [6.45, 7) is 2.74. The number of benzene rings is 1. The predicted molar refractivity (Wildman–Crippen MR) is 104 cm³/mol. The standard InChI is InChI=1S/C17H17N5S2/c1-2-18-17(23)20-19-11-13-12-22(14-7-4-3-5-8-14)21-16(13)15-9-6-10-24-15/h3-12H,2H2,1H3,(H2,18,20,23)/b19-11-. The fraction of sp³-hybridized carbons (Fsp3) is 0.118. The number of hydrazone groups is 1. The summed E-state index contributed by atoms with van der Waals surface area (Å²) in [5, 5.41) is 14.5. The van der Waals surface area contributed by atoms with Gasteiger partial charge in [0.2, 0.25) is 0 Å². The molecule has 0 fully saturated rings. The van der Waals surface area contributed by atoms with Crippen molar-refractivity contribution in [2.45, 2.75) is 6.92 Å². The fourth-order valence-electron chi connectivity index (χ4n) is 2.16. The van der Waals surface area contributed by atoms with E-state index in [2.05, 4.69) is 21.9 Å². The van der Waals surface area contributed by atoms with Gasteiger partial charge in [0.25, 0.3) is 0 Å². The Morgan fingerprint density at radius 2 is 2.12 bits per heavy atom. The van der Waals surface area contributed by atoms with Crippen molar-refractivity contribution in [2.75, 3.05) is 6.54 Å². The highest BCUT2D eigenvalue weighted by atomic mass is 32.1. The van der Waals surface area contributed by atoms with Gasteiger partial charge in [-0.05, 0) is 42.7 Å². The number of para-hydroxylation sites is 1. The Kier molecular flexibility index (Phi) is 5.35. The van der Waals surface area contributed by atoms with E-state index in [9.17, 15) is 0 Å². The number of thiophene rings is 1. The SMILES string of the molecule is CCNC(=S)N/N=C\c1cn(-c2ccccc2)nc1-c1cccs1. The molecule has 0 bridgehead atoms. The van der Waals surface area contributed by atoms with Crippen molar-refractivity contribution in [1.82, 2.24) is 20.5 Å². The van der Waals surface area contributed by atoms with Gasteiger partial charge in [0, 0.05) is 18.3 Å². The maximum atomic E-state index is 5.11. The third-order valence-electron chi connectivity index (χ3n) is 3.22. The molecule has 2 aromatic heterocycles. The molecule has 0 atom stereocenters. The van der Waals surface area contributed by atoms with E-state index in [-0.39, 0.29) is 0 Å². The van der Waals surface area contributed by atoms with Gasteiger partial charge in [-0.25, -0.2) is 4.68 Å². The zero-order valence-corrected chi connectivity index (χ0v) is 14.8. The number of nitrogens with zero attached hydrogens (tertiary/aromatic N) is 3. The van der Waals surface area contributed by atoms with E-state index in [1.165, 1.54) is 0 Å². The van der Waals surface area contributed by atoms with Gasteiger partial charge < -0.3 is 5.32 Å². The summed E-state index contributed by atoms with van der Waals surface area (Å²) < 4.78 is 1.86. The molecule has 0 radical (unpaired) electrons. The molecule has 3 aromatic rings. The van der Waals surface area contributed by atoms with Crippen LogP contribution in [0.2, 0.25) is 0 Å². The van der Waals surface area contributed by atoms with Crippen molar-refractivity contribution in [3.05, 3.63) is 59.6 Å². The molecule has 0 unspecified atom stereocenters. The largest absolute Gasteiger partial charge is 0.362 e. The van der Waals surface area contributed by atoms with Crippen LogP contribution in [0.1, 0.15) is 12.5 Å². The summed E-state index contributed by atoms with van der Waals surface area (Å²) in [7, 11) is 0. The van der Waals surface area contributed by atoms with E-state index < -0.39 is 0 Å². The zero-order valence-electron chi connectivity index (χ0n) is 13.1. The van der Waals surface area contributed by atoms with E-state index in [4.69, 9.17) is 17.3 Å². The molecule has 7 heteroatoms. The molecule has 0 aliphatic rings. The third kappa shape index (κ3) is 3.87. The topological polar surface area (TPSA) is 54.2 Å². The maximum Gasteiger partial charge on any atom is 0.186 e. The number of hydrogen-bond donors (Lipinski definition) is 2. The fourth-order valence-corrected chi connectivity index (χ4v) is 3.09. The van der Waals surface area contributed by atoms with Crippen molar-refractivity contribution < 1.29 is 0 Å². The summed E-state index contributed by atoms with van der Waals surface area (Å²) in [4.78, 5) is 1.10. The average Bonchev–Trinajstić information content (AvgIpc) is 3.25. The first-order valence-electron chi connectivity index (χ1n) is 7.54. The van der Waals surface area contributed by atoms with Gasteiger partial charge in [-0.3, -0.25) is 5.43 Å². The second-order valence-electron chi connectivity index (χ2n) is 4.92. The van der Waals surface area contributed by atoms with E-state index in [0.29, 0.717) is 5.11 Å². The van der Waals surface area contributed by atoms with Crippen molar-refractivity contribution in [1.29, 1.82) is 0 Å². The summed E-state index contributed by atoms with van der Waals surface area (Å²) in [5.41, 5.74) is 5.64. The Balaban J connectivity index is 1.90. The maximum absolute atomic E-state index is 5.11. The highest BCUT2D eigenvalue weighted by Gasteiger charge is 2.11. The molecule has 0 aliphatic carbocycles. The molecule has 24 heavy (non-hydrogen) atoms. The van der Waals surface area contributed by atoms with E-state index in [1.54, 1.807) is 17.6 Å². The van der Waals surface area contributed by atoms with Crippen LogP contribution >= 0.6 is 23.6 Å². The van der Waals surface area contributed by atoms with Gasteiger partial charge in [0.05, 0.1) is 16.8 Å². The lowest BCUT2D eigenvalue weighted by atomic mass is 10.2. The number of nitrogens with one attached hydrogen (secondary N) is 2. The molecule has 0 aliphatic heterocycles. The van der Waals surface area contributed by atoms with Crippen LogP contribution in [0.15, 0.2) is 59.1 Å². The Morgan fingerprint density at radius 1 is 1.29 bits per heavy atom. The number of aromatic nitrogens is 2. The van der Waals surface area contributed by atoms with Gasteiger partial charge >= 0.3 is 0 Å². The third-order valence-corrected chi connectivity index (χ3v) is 4.34. The molecule has 0 saturated carbocycles. The van der Waals surface area contributed by atoms with Crippen LogP contribution in [-0.4, -0.2) is 27.7 Å². The van der Waals surface area contributed by atoms with Crippen molar-refractivity contribution in [2.24, 2.45) is 5.10 Å². The number of hydrogen-bond acceptors (Lipinski definition) is 4. The van der Waals surface area contributed by atoms with Crippen LogP contribution in [0.4, 0.5) is 0 Å². The molecule has 3 rings (SSSR count). The summed E-state index contributed by atoms with van der Waals surface area (Å²) >= 11 is 6.76.